The lowest BCUT2D eigenvalue weighted by molar-refractivity contribution is -0.384. The number of fused-ring (bicyclic) bond motifs is 1. The highest BCUT2D eigenvalue weighted by Gasteiger charge is 2.18. The Morgan fingerprint density at radius 1 is 0.788 bits per heavy atom. The summed E-state index contributed by atoms with van der Waals surface area (Å²) < 4.78 is 1.38. The normalized spacial score (nSPS) is 11.3. The van der Waals surface area contributed by atoms with Crippen molar-refractivity contribution in [3.05, 3.63) is 118 Å². The van der Waals surface area contributed by atoms with Gasteiger partial charge in [-0.25, -0.2) is 4.68 Å². The second kappa shape index (κ2) is 8.35. The van der Waals surface area contributed by atoms with Crippen LogP contribution in [-0.2, 0) is 0 Å². The minimum atomic E-state index is -0.469. The second-order valence-electron chi connectivity index (χ2n) is 7.31. The molecule has 8 heteroatoms. The number of aromatic amines is 1. The summed E-state index contributed by atoms with van der Waals surface area (Å²) in [6, 6.07) is 28.5. The predicted octanol–water partition coefficient (Wildman–Crippen LogP) is 6.31. The van der Waals surface area contributed by atoms with Gasteiger partial charge in [0.2, 0.25) is 0 Å². The van der Waals surface area contributed by atoms with Gasteiger partial charge in [0.15, 0.2) is 5.69 Å². The number of nitro groups is 1. The first-order valence-corrected chi connectivity index (χ1v) is 10.2. The molecule has 4 aromatic carbocycles. The Bertz CT molecular complexity index is 1550. The summed E-state index contributed by atoms with van der Waals surface area (Å²) in [6.07, 6.45) is 0. The van der Waals surface area contributed by atoms with Gasteiger partial charge in [-0.1, -0.05) is 54.6 Å². The van der Waals surface area contributed by atoms with Crippen LogP contribution in [0, 0.1) is 10.1 Å². The number of non-ortho nitro benzene ring substituents is 1. The smallest absolute Gasteiger partial charge is 0.288 e. The summed E-state index contributed by atoms with van der Waals surface area (Å²) in [5, 5.41) is 24.8. The molecule has 0 spiro atoms. The van der Waals surface area contributed by atoms with Crippen LogP contribution in [0.4, 0.5) is 17.1 Å². The molecule has 0 bridgehead atoms. The molecule has 0 aliphatic heterocycles. The van der Waals surface area contributed by atoms with Crippen LogP contribution in [0.1, 0.15) is 0 Å². The summed E-state index contributed by atoms with van der Waals surface area (Å²) in [4.78, 5) is 23.9. The van der Waals surface area contributed by atoms with Crippen LogP contribution >= 0.6 is 0 Å². The maximum Gasteiger partial charge on any atom is 0.299 e. The van der Waals surface area contributed by atoms with Crippen molar-refractivity contribution in [3.8, 4) is 16.9 Å². The average molecular weight is 435 g/mol. The van der Waals surface area contributed by atoms with E-state index < -0.39 is 4.92 Å². The van der Waals surface area contributed by atoms with Gasteiger partial charge < -0.3 is 0 Å². The molecule has 0 saturated carbocycles. The Morgan fingerprint density at radius 2 is 1.48 bits per heavy atom. The van der Waals surface area contributed by atoms with Crippen LogP contribution in [0.25, 0.3) is 27.7 Å². The third-order valence-electron chi connectivity index (χ3n) is 5.27. The highest BCUT2D eigenvalue weighted by atomic mass is 16.6. The van der Waals surface area contributed by atoms with Crippen LogP contribution in [0.2, 0.25) is 0 Å². The molecule has 1 heterocycles. The molecule has 160 valence electrons. The van der Waals surface area contributed by atoms with Crippen molar-refractivity contribution < 1.29 is 4.92 Å². The fraction of sp³-hybridized carbons (Fsp3) is 0. The first-order chi connectivity index (χ1) is 16.1. The molecule has 0 aliphatic rings. The molecular weight excluding hydrogens is 418 g/mol. The van der Waals surface area contributed by atoms with Crippen molar-refractivity contribution in [1.82, 2.24) is 9.78 Å². The molecule has 5 rings (SSSR count). The fourth-order valence-electron chi connectivity index (χ4n) is 3.63. The number of nitro benzene ring substituents is 1. The number of H-pyrrole nitrogens is 1. The van der Waals surface area contributed by atoms with Crippen molar-refractivity contribution in [2.75, 3.05) is 0 Å². The Labute approximate surface area is 187 Å². The molecule has 5 aromatic rings. The van der Waals surface area contributed by atoms with Crippen molar-refractivity contribution in [2.45, 2.75) is 0 Å². The minimum Gasteiger partial charge on any atom is -0.288 e. The van der Waals surface area contributed by atoms with Crippen molar-refractivity contribution >= 4 is 27.8 Å². The molecule has 1 N–H and O–H groups in total. The third kappa shape index (κ3) is 3.81. The van der Waals surface area contributed by atoms with Crippen molar-refractivity contribution in [2.24, 2.45) is 10.2 Å². The van der Waals surface area contributed by atoms with Crippen LogP contribution in [0.5, 0.6) is 0 Å². The molecule has 0 saturated heterocycles. The Balaban J connectivity index is 1.66. The van der Waals surface area contributed by atoms with Gasteiger partial charge in [-0.2, -0.15) is 0 Å². The monoisotopic (exact) mass is 435 g/mol. The standard InChI is InChI=1S/C25H17N5O3/c31-25-24(27-26-22-12-6-8-17-7-4-5-11-21(17)22)23(18-13-15-20(16-14-18)30(32)33)28-29(25)19-9-2-1-3-10-19/h1-16,28H. The van der Waals surface area contributed by atoms with Gasteiger partial charge in [0, 0.05) is 23.1 Å². The van der Waals surface area contributed by atoms with E-state index in [-0.39, 0.29) is 16.9 Å². The summed E-state index contributed by atoms with van der Waals surface area (Å²) in [7, 11) is 0. The molecule has 1 aromatic heterocycles. The van der Waals surface area contributed by atoms with Crippen LogP contribution in [0.3, 0.4) is 0 Å². The highest BCUT2D eigenvalue weighted by Crippen LogP contribution is 2.31. The average Bonchev–Trinajstić information content (AvgIpc) is 3.19. The van der Waals surface area contributed by atoms with Gasteiger partial charge in [-0.05, 0) is 35.7 Å². The van der Waals surface area contributed by atoms with E-state index in [1.54, 1.807) is 24.3 Å². The molecule has 8 nitrogen and oxygen atoms in total. The van der Waals surface area contributed by atoms with Crippen LogP contribution < -0.4 is 5.56 Å². The van der Waals surface area contributed by atoms with Gasteiger partial charge in [-0.15, -0.1) is 10.2 Å². The van der Waals surface area contributed by atoms with Gasteiger partial charge >= 0.3 is 0 Å². The minimum absolute atomic E-state index is 0.0393. The van der Waals surface area contributed by atoms with Gasteiger partial charge in [0.05, 0.1) is 22.0 Å². The molecule has 0 aliphatic carbocycles. The van der Waals surface area contributed by atoms with Gasteiger partial charge in [0.1, 0.15) is 0 Å². The van der Waals surface area contributed by atoms with E-state index in [1.165, 1.54) is 16.8 Å². The zero-order valence-electron chi connectivity index (χ0n) is 17.3. The highest BCUT2D eigenvalue weighted by molar-refractivity contribution is 5.92. The SMILES string of the molecule is O=c1c(N=Nc2cccc3ccccc23)c(-c2ccc([N+](=O)[O-])cc2)[nH]n1-c1ccccc1. The summed E-state index contributed by atoms with van der Waals surface area (Å²) >= 11 is 0. The largest absolute Gasteiger partial charge is 0.299 e. The lowest BCUT2D eigenvalue weighted by Gasteiger charge is -2.02. The maximum absolute atomic E-state index is 13.3. The van der Waals surface area contributed by atoms with E-state index in [9.17, 15) is 14.9 Å². The number of para-hydroxylation sites is 1. The molecule has 0 atom stereocenters. The summed E-state index contributed by atoms with van der Waals surface area (Å²) in [6.45, 7) is 0. The van der Waals surface area contributed by atoms with E-state index in [2.05, 4.69) is 15.3 Å². The van der Waals surface area contributed by atoms with Gasteiger partial charge in [-0.3, -0.25) is 20.0 Å². The van der Waals surface area contributed by atoms with E-state index >= 15 is 0 Å². The molecule has 0 radical (unpaired) electrons. The maximum atomic E-state index is 13.3. The fourth-order valence-corrected chi connectivity index (χ4v) is 3.63. The number of nitrogens with one attached hydrogen (secondary N) is 1. The number of hydrogen-bond donors (Lipinski definition) is 1. The molecule has 0 fully saturated rings. The number of aromatic nitrogens is 2. The molecule has 33 heavy (non-hydrogen) atoms. The van der Waals surface area contributed by atoms with E-state index in [0.29, 0.717) is 22.6 Å². The second-order valence-corrected chi connectivity index (χ2v) is 7.31. The zero-order chi connectivity index (χ0) is 22.8. The Kier molecular flexibility index (Phi) is 5.08. The van der Waals surface area contributed by atoms with Crippen molar-refractivity contribution in [3.63, 3.8) is 0 Å². The first kappa shape index (κ1) is 20.1. The molecular formula is C25H17N5O3. The number of nitrogens with zero attached hydrogens (tertiary/aromatic N) is 4. The summed E-state index contributed by atoms with van der Waals surface area (Å²) in [5.41, 5.74) is 1.97. The first-order valence-electron chi connectivity index (χ1n) is 10.2. The summed E-state index contributed by atoms with van der Waals surface area (Å²) in [5.74, 6) is 0. The van der Waals surface area contributed by atoms with Crippen molar-refractivity contribution in [1.29, 1.82) is 0 Å². The van der Waals surface area contributed by atoms with Crippen LogP contribution in [0.15, 0.2) is 112 Å². The lowest BCUT2D eigenvalue weighted by Crippen LogP contribution is -2.13. The Hall–Kier alpha value is -4.85. The number of rotatable bonds is 5. The molecule has 0 unspecified atom stereocenters. The van der Waals surface area contributed by atoms with Crippen LogP contribution in [-0.4, -0.2) is 14.7 Å². The predicted molar refractivity (Wildman–Crippen MR) is 127 cm³/mol. The van der Waals surface area contributed by atoms with E-state index in [1.807, 2.05) is 60.7 Å². The number of azo groups is 1. The topological polar surface area (TPSA) is 106 Å². The van der Waals surface area contributed by atoms with E-state index in [0.717, 1.165) is 10.8 Å². The quantitative estimate of drug-likeness (QED) is 0.199. The van der Waals surface area contributed by atoms with E-state index in [4.69, 9.17) is 0 Å². The number of benzene rings is 4. The zero-order valence-corrected chi connectivity index (χ0v) is 17.3. The molecule has 0 amide bonds. The number of hydrogen-bond acceptors (Lipinski definition) is 5. The van der Waals surface area contributed by atoms with Gasteiger partial charge in [0.25, 0.3) is 11.2 Å². The lowest BCUT2D eigenvalue weighted by atomic mass is 10.1. The Morgan fingerprint density at radius 3 is 2.24 bits per heavy atom. The third-order valence-corrected chi connectivity index (χ3v) is 5.27.